The highest BCUT2D eigenvalue weighted by atomic mass is 32.2. The van der Waals surface area contributed by atoms with Crippen LogP contribution in [0.3, 0.4) is 0 Å². The largest absolute Gasteiger partial charge is 0.469 e. The fraction of sp³-hybridized carbons (Fsp3) is 0.448. The number of ether oxygens (including phenoxy) is 1. The minimum atomic E-state index is -3.70. The Morgan fingerprint density at radius 1 is 1.03 bits per heavy atom. The van der Waals surface area contributed by atoms with Crippen LogP contribution in [0.2, 0.25) is 0 Å². The average Bonchev–Trinajstić information content (AvgIpc) is 3.26. The first-order chi connectivity index (χ1) is 18.2. The molecule has 0 bridgehead atoms. The molecule has 4 rings (SSSR count). The summed E-state index contributed by atoms with van der Waals surface area (Å²) in [6.45, 7) is 2.70. The van der Waals surface area contributed by atoms with Crippen molar-refractivity contribution in [3.8, 4) is 11.3 Å². The van der Waals surface area contributed by atoms with E-state index in [2.05, 4.69) is 10.0 Å². The van der Waals surface area contributed by atoms with Gasteiger partial charge in [-0.1, -0.05) is 37.3 Å². The zero-order valence-electron chi connectivity index (χ0n) is 22.3. The highest BCUT2D eigenvalue weighted by Crippen LogP contribution is 2.30. The quantitative estimate of drug-likeness (QED) is 0.374. The number of nitrogens with zero attached hydrogens (tertiary/aromatic N) is 1. The van der Waals surface area contributed by atoms with Crippen LogP contribution in [-0.2, 0) is 37.8 Å². The molecule has 0 unspecified atom stereocenters. The van der Waals surface area contributed by atoms with Gasteiger partial charge in [-0.3, -0.25) is 9.59 Å². The molecular weight excluding hydrogens is 502 g/mol. The van der Waals surface area contributed by atoms with Crippen molar-refractivity contribution < 1.29 is 22.7 Å². The van der Waals surface area contributed by atoms with E-state index in [4.69, 9.17) is 4.74 Å². The van der Waals surface area contributed by atoms with Crippen LogP contribution in [0, 0.1) is 5.92 Å². The lowest BCUT2D eigenvalue weighted by atomic mass is 9.86. The van der Waals surface area contributed by atoms with E-state index in [0.29, 0.717) is 45.1 Å². The number of rotatable bonds is 10. The van der Waals surface area contributed by atoms with Gasteiger partial charge in [-0.05, 0) is 67.9 Å². The summed E-state index contributed by atoms with van der Waals surface area (Å²) in [5, 5.41) is 3.90. The standard InChI is InChI=1S/C29H37N3O5S/c1-4-17-30-29(34)22-10-13-24(14-11-22)31-38(35,36)25-15-12-23-18-26(32(2)27(23)19-25)21-8-5-20(6-9-21)7-16-28(33)37-3/h5-6,8-9,12,15,18-19,22,24,31H,4,7,10-11,13-14,16-17H2,1-3H3,(H,30,34). The third-order valence-corrected chi connectivity index (χ3v) is 8.91. The first-order valence-corrected chi connectivity index (χ1v) is 14.8. The van der Waals surface area contributed by atoms with Gasteiger partial charge in [-0.2, -0.15) is 0 Å². The Hall–Kier alpha value is -3.17. The monoisotopic (exact) mass is 539 g/mol. The van der Waals surface area contributed by atoms with Crippen molar-refractivity contribution in [2.45, 2.75) is 62.8 Å². The minimum absolute atomic E-state index is 0.0395. The van der Waals surface area contributed by atoms with Crippen molar-refractivity contribution >= 4 is 32.8 Å². The molecule has 9 heteroatoms. The van der Waals surface area contributed by atoms with Crippen molar-refractivity contribution in [2.24, 2.45) is 13.0 Å². The van der Waals surface area contributed by atoms with Gasteiger partial charge < -0.3 is 14.6 Å². The zero-order valence-corrected chi connectivity index (χ0v) is 23.1. The molecule has 0 radical (unpaired) electrons. The number of aromatic nitrogens is 1. The Balaban J connectivity index is 1.45. The second-order valence-electron chi connectivity index (χ2n) is 10.0. The lowest BCUT2D eigenvalue weighted by molar-refractivity contribution is -0.140. The Morgan fingerprint density at radius 2 is 1.74 bits per heavy atom. The molecule has 0 saturated heterocycles. The van der Waals surface area contributed by atoms with E-state index in [0.717, 1.165) is 34.1 Å². The van der Waals surface area contributed by atoms with E-state index in [1.165, 1.54) is 7.11 Å². The number of aryl methyl sites for hydroxylation is 2. The van der Waals surface area contributed by atoms with Gasteiger partial charge in [0.1, 0.15) is 0 Å². The van der Waals surface area contributed by atoms with Gasteiger partial charge in [0.2, 0.25) is 15.9 Å². The molecule has 38 heavy (non-hydrogen) atoms. The summed E-state index contributed by atoms with van der Waals surface area (Å²) in [6.07, 6.45) is 4.52. The molecule has 1 saturated carbocycles. The molecule has 0 aliphatic heterocycles. The third kappa shape index (κ3) is 6.45. The number of hydrogen-bond donors (Lipinski definition) is 2. The Bertz CT molecular complexity index is 1390. The van der Waals surface area contributed by atoms with Gasteiger partial charge in [0, 0.05) is 48.6 Å². The second kappa shape index (κ2) is 12.1. The summed E-state index contributed by atoms with van der Waals surface area (Å²) in [5.41, 5.74) is 3.86. The van der Waals surface area contributed by atoms with Crippen LogP contribution >= 0.6 is 0 Å². The van der Waals surface area contributed by atoms with Gasteiger partial charge in [0.05, 0.1) is 12.0 Å². The molecule has 1 aliphatic carbocycles. The number of benzene rings is 2. The molecule has 8 nitrogen and oxygen atoms in total. The minimum Gasteiger partial charge on any atom is -0.469 e. The summed E-state index contributed by atoms with van der Waals surface area (Å²) in [5.74, 6) is -0.193. The van der Waals surface area contributed by atoms with E-state index in [1.54, 1.807) is 12.1 Å². The fourth-order valence-corrected chi connectivity index (χ4v) is 6.42. The maximum absolute atomic E-state index is 13.2. The van der Waals surface area contributed by atoms with Gasteiger partial charge in [-0.25, -0.2) is 13.1 Å². The first kappa shape index (κ1) is 27.9. The number of sulfonamides is 1. The Labute approximate surface area is 224 Å². The Morgan fingerprint density at radius 3 is 2.39 bits per heavy atom. The molecule has 1 amide bonds. The highest BCUT2D eigenvalue weighted by Gasteiger charge is 2.29. The molecule has 0 spiro atoms. The summed E-state index contributed by atoms with van der Waals surface area (Å²) < 4.78 is 36.0. The predicted octanol–water partition coefficient (Wildman–Crippen LogP) is 4.31. The van der Waals surface area contributed by atoms with E-state index >= 15 is 0 Å². The summed E-state index contributed by atoms with van der Waals surface area (Å²) >= 11 is 0. The molecule has 1 aromatic heterocycles. The van der Waals surface area contributed by atoms with Gasteiger partial charge >= 0.3 is 5.97 Å². The van der Waals surface area contributed by atoms with Crippen LogP contribution in [0.4, 0.5) is 0 Å². The van der Waals surface area contributed by atoms with Crippen molar-refractivity contribution in [1.29, 1.82) is 0 Å². The smallest absolute Gasteiger partial charge is 0.305 e. The van der Waals surface area contributed by atoms with Crippen LogP contribution in [0.25, 0.3) is 22.2 Å². The average molecular weight is 540 g/mol. The molecular formula is C29H37N3O5S. The van der Waals surface area contributed by atoms with E-state index in [1.807, 2.05) is 54.9 Å². The third-order valence-electron chi connectivity index (χ3n) is 7.39. The molecule has 204 valence electrons. The van der Waals surface area contributed by atoms with Crippen molar-refractivity contribution in [3.63, 3.8) is 0 Å². The molecule has 2 N–H and O–H groups in total. The number of fused-ring (bicyclic) bond motifs is 1. The number of carbonyl (C=O) groups is 2. The summed E-state index contributed by atoms with van der Waals surface area (Å²) in [6, 6.07) is 15.1. The number of amides is 1. The number of nitrogens with one attached hydrogen (secondary N) is 2. The zero-order chi connectivity index (χ0) is 27.3. The van der Waals surface area contributed by atoms with Crippen LogP contribution in [0.15, 0.2) is 53.4 Å². The van der Waals surface area contributed by atoms with E-state index in [-0.39, 0.29) is 28.7 Å². The van der Waals surface area contributed by atoms with Crippen molar-refractivity contribution in [3.05, 3.63) is 54.1 Å². The summed E-state index contributed by atoms with van der Waals surface area (Å²) in [4.78, 5) is 23.9. The molecule has 0 atom stereocenters. The van der Waals surface area contributed by atoms with Crippen LogP contribution in [-0.4, -0.2) is 44.6 Å². The van der Waals surface area contributed by atoms with Gasteiger partial charge in [0.15, 0.2) is 0 Å². The van der Waals surface area contributed by atoms with E-state index in [9.17, 15) is 18.0 Å². The SMILES string of the molecule is CCCNC(=O)C1CCC(NS(=O)(=O)c2ccc3cc(-c4ccc(CCC(=O)OC)cc4)n(C)c3c2)CC1. The van der Waals surface area contributed by atoms with Crippen LogP contribution in [0.1, 0.15) is 51.0 Å². The van der Waals surface area contributed by atoms with E-state index < -0.39 is 10.0 Å². The molecule has 1 heterocycles. The van der Waals surface area contributed by atoms with Crippen LogP contribution in [0.5, 0.6) is 0 Å². The highest BCUT2D eigenvalue weighted by molar-refractivity contribution is 7.89. The normalized spacial score (nSPS) is 17.9. The van der Waals surface area contributed by atoms with Gasteiger partial charge in [0.25, 0.3) is 0 Å². The lowest BCUT2D eigenvalue weighted by Crippen LogP contribution is -2.41. The number of methoxy groups -OCH3 is 1. The first-order valence-electron chi connectivity index (χ1n) is 13.3. The fourth-order valence-electron chi connectivity index (χ4n) is 5.10. The van der Waals surface area contributed by atoms with Crippen molar-refractivity contribution in [1.82, 2.24) is 14.6 Å². The molecule has 2 aromatic carbocycles. The molecule has 1 aliphatic rings. The summed E-state index contributed by atoms with van der Waals surface area (Å²) in [7, 11) is -0.382. The second-order valence-corrected chi connectivity index (χ2v) is 11.8. The maximum atomic E-state index is 13.2. The van der Waals surface area contributed by atoms with Gasteiger partial charge in [-0.15, -0.1) is 0 Å². The lowest BCUT2D eigenvalue weighted by Gasteiger charge is -2.28. The maximum Gasteiger partial charge on any atom is 0.305 e. The molecule has 1 fully saturated rings. The number of hydrogen-bond acceptors (Lipinski definition) is 5. The van der Waals surface area contributed by atoms with Crippen molar-refractivity contribution in [2.75, 3.05) is 13.7 Å². The topological polar surface area (TPSA) is 106 Å². The van der Waals surface area contributed by atoms with Crippen LogP contribution < -0.4 is 10.0 Å². The Kier molecular flexibility index (Phi) is 8.89. The predicted molar refractivity (Wildman–Crippen MR) is 148 cm³/mol. The number of carbonyl (C=O) groups excluding carboxylic acids is 2. The number of esters is 1. The molecule has 3 aromatic rings.